The SMILES string of the molecule is COc1cc(C2C(C#N)=C(N)Oc3c2c(=O)n(C)c2ccccc32)ccc1O. The number of aromatic hydroxyl groups is 1. The molecular formula is C21H17N3O4. The van der Waals surface area contributed by atoms with Crippen LogP contribution in [-0.2, 0) is 7.05 Å². The zero-order valence-corrected chi connectivity index (χ0v) is 15.3. The number of ether oxygens (including phenoxy) is 2. The summed E-state index contributed by atoms with van der Waals surface area (Å²) in [5.41, 5.74) is 7.51. The minimum Gasteiger partial charge on any atom is -0.504 e. The van der Waals surface area contributed by atoms with Crippen molar-refractivity contribution in [2.75, 3.05) is 7.11 Å². The smallest absolute Gasteiger partial charge is 0.258 e. The molecule has 1 aromatic heterocycles. The molecule has 1 aliphatic heterocycles. The Kier molecular flexibility index (Phi) is 3.97. The van der Waals surface area contributed by atoms with Crippen LogP contribution in [0.2, 0.25) is 0 Å². The summed E-state index contributed by atoms with van der Waals surface area (Å²) in [5, 5.41) is 20.4. The van der Waals surface area contributed by atoms with Crippen molar-refractivity contribution in [3.63, 3.8) is 0 Å². The molecule has 4 rings (SSSR count). The van der Waals surface area contributed by atoms with Crippen molar-refractivity contribution in [1.29, 1.82) is 5.26 Å². The molecule has 0 saturated heterocycles. The normalized spacial score (nSPS) is 15.7. The number of rotatable bonds is 2. The summed E-state index contributed by atoms with van der Waals surface area (Å²) in [6, 6.07) is 14.1. The summed E-state index contributed by atoms with van der Waals surface area (Å²) >= 11 is 0. The fourth-order valence-corrected chi connectivity index (χ4v) is 3.63. The average molecular weight is 375 g/mol. The highest BCUT2D eigenvalue weighted by Crippen LogP contribution is 2.44. The highest BCUT2D eigenvalue weighted by atomic mass is 16.5. The molecule has 3 aromatic rings. The van der Waals surface area contributed by atoms with E-state index < -0.39 is 5.92 Å². The number of phenols is 1. The van der Waals surface area contributed by atoms with Gasteiger partial charge in [0, 0.05) is 12.4 Å². The molecule has 3 N–H and O–H groups in total. The molecule has 0 saturated carbocycles. The van der Waals surface area contributed by atoms with Gasteiger partial charge in [0.1, 0.15) is 17.4 Å². The van der Waals surface area contributed by atoms with Crippen LogP contribution in [0.1, 0.15) is 17.0 Å². The Morgan fingerprint density at radius 3 is 2.75 bits per heavy atom. The number of fused-ring (bicyclic) bond motifs is 3. The van der Waals surface area contributed by atoms with Gasteiger partial charge >= 0.3 is 0 Å². The lowest BCUT2D eigenvalue weighted by Gasteiger charge is -2.27. The average Bonchev–Trinajstić information content (AvgIpc) is 2.71. The first-order valence-electron chi connectivity index (χ1n) is 8.54. The second kappa shape index (κ2) is 6.35. The van der Waals surface area contributed by atoms with Gasteiger partial charge in [0.15, 0.2) is 11.5 Å². The molecule has 0 fully saturated rings. The van der Waals surface area contributed by atoms with E-state index in [0.717, 1.165) is 5.39 Å². The number of nitrogens with two attached hydrogens (primary N) is 1. The molecule has 7 heteroatoms. The van der Waals surface area contributed by atoms with E-state index in [9.17, 15) is 15.2 Å². The Morgan fingerprint density at radius 1 is 1.29 bits per heavy atom. The summed E-state index contributed by atoms with van der Waals surface area (Å²) < 4.78 is 12.5. The van der Waals surface area contributed by atoms with Gasteiger partial charge in [-0.25, -0.2) is 0 Å². The largest absolute Gasteiger partial charge is 0.504 e. The zero-order valence-electron chi connectivity index (χ0n) is 15.3. The summed E-state index contributed by atoms with van der Waals surface area (Å²) in [4.78, 5) is 13.2. The van der Waals surface area contributed by atoms with Crippen molar-refractivity contribution in [3.8, 4) is 23.3 Å². The second-order valence-electron chi connectivity index (χ2n) is 6.48. The maximum Gasteiger partial charge on any atom is 0.258 e. The first-order chi connectivity index (χ1) is 13.5. The molecule has 28 heavy (non-hydrogen) atoms. The van der Waals surface area contributed by atoms with E-state index in [-0.39, 0.29) is 28.5 Å². The molecular weight excluding hydrogens is 358 g/mol. The number of hydrogen-bond acceptors (Lipinski definition) is 6. The second-order valence-corrected chi connectivity index (χ2v) is 6.48. The standard InChI is InChI=1S/C21H17N3O4/c1-24-14-6-4-3-5-12(14)19-18(21(24)26)17(13(10-22)20(23)28-19)11-7-8-15(25)16(9-11)27-2/h3-9,17,25H,23H2,1-2H3. The third-order valence-electron chi connectivity index (χ3n) is 5.00. The minimum atomic E-state index is -0.744. The van der Waals surface area contributed by atoms with E-state index >= 15 is 0 Å². The number of benzene rings is 2. The van der Waals surface area contributed by atoms with Crippen molar-refractivity contribution in [2.24, 2.45) is 12.8 Å². The lowest BCUT2D eigenvalue weighted by atomic mass is 9.83. The van der Waals surface area contributed by atoms with Crippen molar-refractivity contribution >= 4 is 10.9 Å². The monoisotopic (exact) mass is 375 g/mol. The maximum atomic E-state index is 13.2. The molecule has 1 unspecified atom stereocenters. The van der Waals surface area contributed by atoms with E-state index in [1.807, 2.05) is 24.3 Å². The Labute approximate surface area is 160 Å². The van der Waals surface area contributed by atoms with Gasteiger partial charge in [-0.15, -0.1) is 0 Å². The van der Waals surface area contributed by atoms with Gasteiger partial charge in [0.2, 0.25) is 5.88 Å². The number of nitriles is 1. The number of para-hydroxylation sites is 1. The lowest BCUT2D eigenvalue weighted by Crippen LogP contribution is -2.31. The molecule has 2 aromatic carbocycles. The van der Waals surface area contributed by atoms with Crippen LogP contribution >= 0.6 is 0 Å². The summed E-state index contributed by atoms with van der Waals surface area (Å²) in [6.07, 6.45) is 0. The van der Waals surface area contributed by atoms with Crippen LogP contribution in [-0.4, -0.2) is 16.8 Å². The third kappa shape index (κ3) is 2.39. The van der Waals surface area contributed by atoms with Gasteiger partial charge in [0.25, 0.3) is 5.56 Å². The molecule has 7 nitrogen and oxygen atoms in total. The molecule has 0 amide bonds. The van der Waals surface area contributed by atoms with Crippen molar-refractivity contribution in [3.05, 3.63) is 75.4 Å². The highest BCUT2D eigenvalue weighted by molar-refractivity contribution is 5.88. The van der Waals surface area contributed by atoms with Crippen LogP contribution in [0.15, 0.2) is 58.7 Å². The quantitative estimate of drug-likeness (QED) is 0.712. The summed E-state index contributed by atoms with van der Waals surface area (Å²) in [5.74, 6) is -0.260. The fourth-order valence-electron chi connectivity index (χ4n) is 3.63. The summed E-state index contributed by atoms with van der Waals surface area (Å²) in [6.45, 7) is 0. The first-order valence-corrected chi connectivity index (χ1v) is 8.54. The van der Waals surface area contributed by atoms with Crippen molar-refractivity contribution < 1.29 is 14.6 Å². The number of hydrogen-bond donors (Lipinski definition) is 2. The van der Waals surface area contributed by atoms with Gasteiger partial charge in [-0.05, 0) is 29.8 Å². The topological polar surface area (TPSA) is 111 Å². The zero-order chi connectivity index (χ0) is 20.0. The number of pyridine rings is 1. The molecule has 2 heterocycles. The van der Waals surface area contributed by atoms with Crippen LogP contribution < -0.4 is 20.8 Å². The van der Waals surface area contributed by atoms with Crippen LogP contribution in [0.25, 0.3) is 10.9 Å². The Bertz CT molecular complexity index is 1250. The van der Waals surface area contributed by atoms with E-state index in [1.165, 1.54) is 17.7 Å². The Balaban J connectivity index is 2.11. The number of aromatic nitrogens is 1. The van der Waals surface area contributed by atoms with Crippen molar-refractivity contribution in [2.45, 2.75) is 5.92 Å². The lowest BCUT2D eigenvalue weighted by molar-refractivity contribution is 0.372. The van der Waals surface area contributed by atoms with Gasteiger partial charge in [-0.2, -0.15) is 5.26 Å². The highest BCUT2D eigenvalue weighted by Gasteiger charge is 2.35. The van der Waals surface area contributed by atoms with Crippen LogP contribution in [0.3, 0.4) is 0 Å². The van der Waals surface area contributed by atoms with Gasteiger partial charge in [-0.1, -0.05) is 18.2 Å². The Hall–Kier alpha value is -3.92. The molecule has 0 aliphatic carbocycles. The predicted molar refractivity (Wildman–Crippen MR) is 103 cm³/mol. The fraction of sp³-hybridized carbons (Fsp3) is 0.143. The number of methoxy groups -OCH3 is 1. The molecule has 1 aliphatic rings. The van der Waals surface area contributed by atoms with E-state index in [0.29, 0.717) is 22.4 Å². The Morgan fingerprint density at radius 2 is 2.04 bits per heavy atom. The van der Waals surface area contributed by atoms with Gasteiger partial charge < -0.3 is 24.9 Å². The molecule has 0 bridgehead atoms. The first kappa shape index (κ1) is 17.5. The van der Waals surface area contributed by atoms with E-state index in [4.69, 9.17) is 15.2 Å². The number of nitrogens with zero attached hydrogens (tertiary/aromatic N) is 2. The molecule has 0 spiro atoms. The maximum absolute atomic E-state index is 13.2. The van der Waals surface area contributed by atoms with Crippen LogP contribution in [0.4, 0.5) is 0 Å². The summed E-state index contributed by atoms with van der Waals surface area (Å²) in [7, 11) is 3.10. The molecule has 0 radical (unpaired) electrons. The van der Waals surface area contributed by atoms with Crippen molar-refractivity contribution in [1.82, 2.24) is 4.57 Å². The minimum absolute atomic E-state index is 0.0413. The molecule has 140 valence electrons. The number of aryl methyl sites for hydroxylation is 1. The molecule has 1 atom stereocenters. The van der Waals surface area contributed by atoms with Crippen LogP contribution in [0.5, 0.6) is 17.2 Å². The van der Waals surface area contributed by atoms with Gasteiger partial charge in [0.05, 0.1) is 24.1 Å². The predicted octanol–water partition coefficient (Wildman–Crippen LogP) is 2.47. The van der Waals surface area contributed by atoms with E-state index in [1.54, 1.807) is 19.2 Å². The van der Waals surface area contributed by atoms with Crippen LogP contribution in [0, 0.1) is 11.3 Å². The van der Waals surface area contributed by atoms with Gasteiger partial charge in [-0.3, -0.25) is 4.79 Å². The third-order valence-corrected chi connectivity index (χ3v) is 5.00. The number of allylic oxidation sites excluding steroid dienone is 1. The number of phenolic OH excluding ortho intramolecular Hbond substituents is 1. The van der Waals surface area contributed by atoms with E-state index in [2.05, 4.69) is 6.07 Å².